The van der Waals surface area contributed by atoms with Gasteiger partial charge in [0.2, 0.25) is 0 Å². The third kappa shape index (κ3) is 10.4. The first-order valence-electron chi connectivity index (χ1n) is 8.94. The summed E-state index contributed by atoms with van der Waals surface area (Å²) in [6.07, 6.45) is 0. The van der Waals surface area contributed by atoms with Gasteiger partial charge in [0.25, 0.3) is 0 Å². The van der Waals surface area contributed by atoms with Crippen LogP contribution in [-0.2, 0) is 19.2 Å². The summed E-state index contributed by atoms with van der Waals surface area (Å²) >= 11 is 0. The molecule has 0 aliphatic rings. The van der Waals surface area contributed by atoms with Crippen molar-refractivity contribution in [1.82, 2.24) is 0 Å². The number of halogens is 7. The Kier molecular flexibility index (Phi) is 12.5. The predicted octanol–water partition coefficient (Wildman–Crippen LogP) is 5.80. The van der Waals surface area contributed by atoms with Gasteiger partial charge < -0.3 is 18.4 Å². The molecule has 0 aliphatic carbocycles. The number of ether oxygens (including phenoxy) is 3. The Labute approximate surface area is 217 Å². The fourth-order valence-electron chi connectivity index (χ4n) is 1.85. The van der Waals surface area contributed by atoms with E-state index in [0.717, 1.165) is 25.3 Å². The highest BCUT2D eigenvalue weighted by Crippen LogP contribution is 2.35. The Morgan fingerprint density at radius 3 is 1.32 bits per heavy atom. The van der Waals surface area contributed by atoms with E-state index in [2.05, 4.69) is 29.3 Å². The molecule has 0 fully saturated rings. The zero-order valence-electron chi connectivity index (χ0n) is 19.1. The molecule has 0 aliphatic heterocycles. The molecule has 0 unspecified atom stereocenters. The van der Waals surface area contributed by atoms with Crippen LogP contribution in [-0.4, -0.2) is 49.2 Å². The smallest absolute Gasteiger partial charge is 0.494 e. The number of benzene rings is 2. The minimum atomic E-state index is -5.76. The SMILES string of the molecule is O=S(=O)(Cl)C(F)(F)F.[C-]#[N+]c1ccc(OC)c(OC)c1.[C-]#[N+]c1ccc(OS(=O)(=O)C(F)(F)F)c(OC)c1. The Balaban J connectivity index is 0.000000590. The third-order valence-corrected chi connectivity index (χ3v) is 5.58. The van der Waals surface area contributed by atoms with Crippen molar-refractivity contribution in [2.45, 2.75) is 11.0 Å². The molecule has 0 aromatic heterocycles. The number of nitrogens with zero attached hydrogens (tertiary/aromatic N) is 2. The number of hydrogen-bond acceptors (Lipinski definition) is 8. The van der Waals surface area contributed by atoms with Gasteiger partial charge in [0.05, 0.1) is 34.5 Å². The molecule has 0 amide bonds. The van der Waals surface area contributed by atoms with Crippen LogP contribution in [0.3, 0.4) is 0 Å². The standard InChI is InChI=1S/C9H6F3NO4S.C9H9NO2.CClF3O2S/c1-13-6-3-4-7(8(5-6)16-2)17-18(14,15)9(10,11)12;1-10-7-4-5-8(11-2)9(6-7)12-3;2-8(6,7)1(3,4)5/h3-5H,2H3;4-6H,2-3H3;. The lowest BCUT2D eigenvalue weighted by Gasteiger charge is -2.12. The molecule has 0 saturated heterocycles. The van der Waals surface area contributed by atoms with Gasteiger partial charge in [0.15, 0.2) is 28.6 Å². The van der Waals surface area contributed by atoms with Gasteiger partial charge >= 0.3 is 30.2 Å². The van der Waals surface area contributed by atoms with Gasteiger partial charge in [-0.25, -0.2) is 18.1 Å². The van der Waals surface area contributed by atoms with Crippen LogP contribution in [0, 0.1) is 13.1 Å². The van der Waals surface area contributed by atoms with Crippen LogP contribution in [0.25, 0.3) is 9.69 Å². The van der Waals surface area contributed by atoms with Crippen molar-refractivity contribution < 1.29 is 61.6 Å². The molecule has 0 N–H and O–H groups in total. The molecule has 0 radical (unpaired) electrons. The second-order valence-electron chi connectivity index (χ2n) is 5.96. The summed E-state index contributed by atoms with van der Waals surface area (Å²) < 4.78 is 128. The highest BCUT2D eigenvalue weighted by atomic mass is 35.7. The molecule has 0 heterocycles. The highest BCUT2D eigenvalue weighted by Gasteiger charge is 2.49. The molecule has 0 atom stereocenters. The van der Waals surface area contributed by atoms with Crippen LogP contribution in [0.5, 0.6) is 23.0 Å². The second kappa shape index (κ2) is 13.8. The lowest BCUT2D eigenvalue weighted by Crippen LogP contribution is -2.28. The van der Waals surface area contributed by atoms with E-state index >= 15 is 0 Å². The zero-order valence-corrected chi connectivity index (χ0v) is 21.5. The quantitative estimate of drug-likeness (QED) is 0.137. The lowest BCUT2D eigenvalue weighted by molar-refractivity contribution is -0.0500. The summed E-state index contributed by atoms with van der Waals surface area (Å²) in [6.45, 7) is 13.5. The zero-order chi connectivity index (χ0) is 29.9. The van der Waals surface area contributed by atoms with Crippen LogP contribution in [0.4, 0.5) is 37.7 Å². The van der Waals surface area contributed by atoms with E-state index < -0.39 is 35.9 Å². The summed E-state index contributed by atoms with van der Waals surface area (Å²) in [4.78, 5) is 6.28. The Hall–Kier alpha value is -3.61. The van der Waals surface area contributed by atoms with Gasteiger partial charge in [-0.05, 0) is 24.3 Å². The molecule has 2 aromatic rings. The van der Waals surface area contributed by atoms with Crippen molar-refractivity contribution >= 4 is 41.2 Å². The van der Waals surface area contributed by atoms with Gasteiger partial charge in [0, 0.05) is 10.7 Å². The van der Waals surface area contributed by atoms with Gasteiger partial charge in [-0.15, -0.1) is 0 Å². The molecular formula is C19H15ClF6N2O8S2. The molecular weight excluding hydrogens is 598 g/mol. The van der Waals surface area contributed by atoms with E-state index in [-0.39, 0.29) is 11.4 Å². The first-order chi connectivity index (χ1) is 17.3. The maximum absolute atomic E-state index is 12.1. The normalized spacial score (nSPS) is 11.3. The van der Waals surface area contributed by atoms with Gasteiger partial charge in [-0.3, -0.25) is 0 Å². The van der Waals surface area contributed by atoms with Crippen molar-refractivity contribution in [3.63, 3.8) is 0 Å². The summed E-state index contributed by atoms with van der Waals surface area (Å²) in [5, 5.41) is 0. The monoisotopic (exact) mass is 612 g/mol. The van der Waals surface area contributed by atoms with E-state index in [0.29, 0.717) is 17.2 Å². The van der Waals surface area contributed by atoms with Crippen LogP contribution < -0.4 is 18.4 Å². The number of hydrogen-bond donors (Lipinski definition) is 0. The largest absolute Gasteiger partial charge is 0.534 e. The van der Waals surface area contributed by atoms with Gasteiger partial charge in [0.1, 0.15) is 5.75 Å². The first kappa shape index (κ1) is 34.4. The second-order valence-corrected chi connectivity index (χ2v) is 10.1. The highest BCUT2D eigenvalue weighted by molar-refractivity contribution is 8.14. The van der Waals surface area contributed by atoms with E-state index in [4.69, 9.17) is 22.6 Å². The van der Waals surface area contributed by atoms with Crippen molar-refractivity contribution in [2.75, 3.05) is 21.3 Å². The van der Waals surface area contributed by atoms with Crippen LogP contribution >= 0.6 is 10.7 Å². The van der Waals surface area contributed by atoms with Crippen LogP contribution in [0.2, 0.25) is 0 Å². The van der Waals surface area contributed by atoms with E-state index in [1.807, 2.05) is 0 Å². The Bertz CT molecular complexity index is 1400. The Morgan fingerprint density at radius 1 is 0.684 bits per heavy atom. The molecule has 0 spiro atoms. The van der Waals surface area contributed by atoms with Crippen molar-refractivity contribution in [1.29, 1.82) is 0 Å². The van der Waals surface area contributed by atoms with Crippen LogP contribution in [0.1, 0.15) is 0 Å². The number of methoxy groups -OCH3 is 3. The predicted molar refractivity (Wildman–Crippen MR) is 121 cm³/mol. The molecule has 0 saturated carbocycles. The molecule has 210 valence electrons. The summed E-state index contributed by atoms with van der Waals surface area (Å²) in [5.41, 5.74) is -10.2. The fraction of sp³-hybridized carbons (Fsp3) is 0.263. The topological polar surface area (TPSA) is 114 Å². The molecule has 2 rings (SSSR count). The Morgan fingerprint density at radius 2 is 1.03 bits per heavy atom. The van der Waals surface area contributed by atoms with Gasteiger partial charge in [-0.2, -0.15) is 34.8 Å². The minimum absolute atomic E-state index is 0.0728. The number of rotatable bonds is 5. The van der Waals surface area contributed by atoms with E-state index in [1.165, 1.54) is 0 Å². The van der Waals surface area contributed by atoms with Crippen molar-refractivity contribution in [2.24, 2.45) is 0 Å². The first-order valence-corrected chi connectivity index (χ1v) is 12.7. The lowest BCUT2D eigenvalue weighted by atomic mass is 10.3. The van der Waals surface area contributed by atoms with E-state index in [9.17, 15) is 43.2 Å². The molecule has 38 heavy (non-hydrogen) atoms. The van der Waals surface area contributed by atoms with Crippen molar-refractivity contribution in [3.05, 3.63) is 59.2 Å². The molecule has 19 heteroatoms. The minimum Gasteiger partial charge on any atom is -0.494 e. The maximum Gasteiger partial charge on any atom is 0.534 e. The summed E-state index contributed by atoms with van der Waals surface area (Å²) in [7, 11) is -3.05. The van der Waals surface area contributed by atoms with Crippen LogP contribution in [0.15, 0.2) is 36.4 Å². The summed E-state index contributed by atoms with van der Waals surface area (Å²) in [5.74, 6) is 0.314. The summed E-state index contributed by atoms with van der Waals surface area (Å²) in [6, 6.07) is 8.13. The fourth-order valence-corrected chi connectivity index (χ4v) is 2.32. The van der Waals surface area contributed by atoms with Gasteiger partial charge in [-0.1, -0.05) is 12.1 Å². The van der Waals surface area contributed by atoms with E-state index in [1.54, 1.807) is 32.4 Å². The molecule has 10 nitrogen and oxygen atoms in total. The molecule has 0 bridgehead atoms. The van der Waals surface area contributed by atoms with Crippen molar-refractivity contribution in [3.8, 4) is 23.0 Å². The maximum atomic E-state index is 12.1. The number of alkyl halides is 6. The average molecular weight is 613 g/mol. The third-order valence-electron chi connectivity index (χ3n) is 3.53. The molecule has 2 aromatic carbocycles. The average Bonchev–Trinajstić information content (AvgIpc) is 2.82.